The smallest absolute Gasteiger partial charge is 0.231 e. The minimum atomic E-state index is 0.288. The van der Waals surface area contributed by atoms with Gasteiger partial charge in [-0.05, 0) is 24.6 Å². The summed E-state index contributed by atoms with van der Waals surface area (Å²) >= 11 is 0. The van der Waals surface area contributed by atoms with Crippen LogP contribution in [0.2, 0.25) is 0 Å². The van der Waals surface area contributed by atoms with Crippen molar-refractivity contribution in [1.29, 1.82) is 0 Å². The minimum Gasteiger partial charge on any atom is -0.454 e. The van der Waals surface area contributed by atoms with Crippen molar-refractivity contribution in [3.63, 3.8) is 0 Å². The molecule has 5 heteroatoms. The van der Waals surface area contributed by atoms with Crippen LogP contribution in [0.25, 0.3) is 0 Å². The molecule has 1 aliphatic rings. The number of para-hydroxylation sites is 1. The topological polar surface area (TPSA) is 56.3 Å². The van der Waals surface area contributed by atoms with Crippen molar-refractivity contribution in [3.8, 4) is 11.5 Å². The van der Waals surface area contributed by atoms with Gasteiger partial charge in [0.25, 0.3) is 0 Å². The molecule has 3 rings (SSSR count). The van der Waals surface area contributed by atoms with Crippen LogP contribution in [-0.4, -0.2) is 17.0 Å². The summed E-state index contributed by atoms with van der Waals surface area (Å²) in [6.07, 6.45) is 1.72. The Morgan fingerprint density at radius 3 is 3.17 bits per heavy atom. The zero-order chi connectivity index (χ0) is 12.4. The van der Waals surface area contributed by atoms with Gasteiger partial charge < -0.3 is 14.8 Å². The van der Waals surface area contributed by atoms with Gasteiger partial charge in [0.2, 0.25) is 6.79 Å². The summed E-state index contributed by atoms with van der Waals surface area (Å²) in [7, 11) is 0. The van der Waals surface area contributed by atoms with Crippen molar-refractivity contribution in [2.24, 2.45) is 0 Å². The molecule has 0 saturated heterocycles. The highest BCUT2D eigenvalue weighted by Crippen LogP contribution is 2.35. The summed E-state index contributed by atoms with van der Waals surface area (Å²) in [5.74, 6) is 2.36. The van der Waals surface area contributed by atoms with Crippen LogP contribution in [0.1, 0.15) is 11.1 Å². The Hall–Kier alpha value is -2.30. The molecule has 0 atom stereocenters. The summed E-state index contributed by atoms with van der Waals surface area (Å²) in [5, 5.41) is 11.1. The van der Waals surface area contributed by atoms with Gasteiger partial charge in [0.15, 0.2) is 11.5 Å². The van der Waals surface area contributed by atoms with Gasteiger partial charge in [-0.2, -0.15) is 5.10 Å². The first-order chi connectivity index (χ1) is 8.83. The molecule has 0 amide bonds. The molecule has 1 aromatic heterocycles. The first-order valence-corrected chi connectivity index (χ1v) is 5.73. The number of hydrogen-bond acceptors (Lipinski definition) is 5. The van der Waals surface area contributed by atoms with E-state index in [2.05, 4.69) is 15.5 Å². The molecule has 5 nitrogen and oxygen atoms in total. The molecule has 0 unspecified atom stereocenters. The van der Waals surface area contributed by atoms with Crippen LogP contribution in [0.15, 0.2) is 30.5 Å². The van der Waals surface area contributed by atoms with Crippen LogP contribution in [0.3, 0.4) is 0 Å². The Kier molecular flexibility index (Phi) is 2.72. The van der Waals surface area contributed by atoms with Crippen LogP contribution in [0, 0.1) is 6.92 Å². The maximum Gasteiger partial charge on any atom is 0.231 e. The highest BCUT2D eigenvalue weighted by atomic mass is 16.7. The van der Waals surface area contributed by atoms with E-state index in [0.29, 0.717) is 6.54 Å². The van der Waals surface area contributed by atoms with Crippen molar-refractivity contribution in [2.45, 2.75) is 13.5 Å². The predicted molar refractivity (Wildman–Crippen MR) is 66.7 cm³/mol. The maximum absolute atomic E-state index is 5.44. The first-order valence-electron chi connectivity index (χ1n) is 5.73. The molecule has 0 radical (unpaired) electrons. The fraction of sp³-hybridized carbons (Fsp3) is 0.231. The third-order valence-corrected chi connectivity index (χ3v) is 2.73. The largest absolute Gasteiger partial charge is 0.454 e. The first kappa shape index (κ1) is 10.8. The average Bonchev–Trinajstić information content (AvgIpc) is 2.85. The van der Waals surface area contributed by atoms with E-state index < -0.39 is 0 Å². The number of ether oxygens (including phenoxy) is 2. The molecule has 0 saturated carbocycles. The van der Waals surface area contributed by atoms with Crippen LogP contribution >= 0.6 is 0 Å². The van der Waals surface area contributed by atoms with E-state index in [1.807, 2.05) is 31.2 Å². The number of benzene rings is 1. The van der Waals surface area contributed by atoms with Gasteiger partial charge in [-0.3, -0.25) is 0 Å². The molecule has 0 spiro atoms. The van der Waals surface area contributed by atoms with E-state index >= 15 is 0 Å². The second-order valence-electron chi connectivity index (χ2n) is 4.12. The maximum atomic E-state index is 5.44. The molecule has 1 aliphatic heterocycles. The highest BCUT2D eigenvalue weighted by molar-refractivity contribution is 5.49. The summed E-state index contributed by atoms with van der Waals surface area (Å²) in [5.41, 5.74) is 2.12. The third kappa shape index (κ3) is 2.07. The number of fused-ring (bicyclic) bond motifs is 1. The molecule has 92 valence electrons. The van der Waals surface area contributed by atoms with Crippen molar-refractivity contribution in [3.05, 3.63) is 41.6 Å². The number of nitrogens with zero attached hydrogens (tertiary/aromatic N) is 2. The number of anilines is 1. The molecule has 18 heavy (non-hydrogen) atoms. The number of rotatable bonds is 3. The quantitative estimate of drug-likeness (QED) is 0.894. The predicted octanol–water partition coefficient (Wildman–Crippen LogP) is 2.13. The standard InChI is InChI=1S/C13H13N3O2/c1-9-5-12(16-15-6-9)14-7-10-3-2-4-11-13(10)18-8-17-11/h2-6H,7-8H2,1H3,(H,14,16). The molecule has 0 bridgehead atoms. The molecular formula is C13H13N3O2. The molecule has 0 aliphatic carbocycles. The number of nitrogens with one attached hydrogen (secondary N) is 1. The zero-order valence-electron chi connectivity index (χ0n) is 10.0. The van der Waals surface area contributed by atoms with Gasteiger partial charge in [0, 0.05) is 12.1 Å². The summed E-state index contributed by atoms with van der Waals surface area (Å²) < 4.78 is 10.8. The Balaban J connectivity index is 1.76. The van der Waals surface area contributed by atoms with E-state index in [9.17, 15) is 0 Å². The van der Waals surface area contributed by atoms with Crippen molar-refractivity contribution >= 4 is 5.82 Å². The second-order valence-corrected chi connectivity index (χ2v) is 4.12. The fourth-order valence-corrected chi connectivity index (χ4v) is 1.87. The van der Waals surface area contributed by atoms with Gasteiger partial charge >= 0.3 is 0 Å². The number of hydrogen-bond donors (Lipinski definition) is 1. The summed E-state index contributed by atoms with van der Waals surface area (Å²) in [6.45, 7) is 2.90. The van der Waals surface area contributed by atoms with Crippen LogP contribution in [0.5, 0.6) is 11.5 Å². The van der Waals surface area contributed by atoms with Crippen molar-refractivity contribution in [2.75, 3.05) is 12.1 Å². The zero-order valence-corrected chi connectivity index (χ0v) is 10.0. The Morgan fingerprint density at radius 1 is 1.33 bits per heavy atom. The average molecular weight is 243 g/mol. The van der Waals surface area contributed by atoms with Crippen molar-refractivity contribution in [1.82, 2.24) is 10.2 Å². The normalized spacial score (nSPS) is 12.5. The molecule has 1 N–H and O–H groups in total. The molecule has 1 aromatic carbocycles. The molecule has 0 fully saturated rings. The van der Waals surface area contributed by atoms with Crippen LogP contribution < -0.4 is 14.8 Å². The molecular weight excluding hydrogens is 230 g/mol. The van der Waals surface area contributed by atoms with E-state index in [4.69, 9.17) is 9.47 Å². The van der Waals surface area contributed by atoms with Gasteiger partial charge in [-0.1, -0.05) is 12.1 Å². The number of aromatic nitrogens is 2. The van der Waals surface area contributed by atoms with Crippen LogP contribution in [0.4, 0.5) is 5.82 Å². The monoisotopic (exact) mass is 243 g/mol. The van der Waals surface area contributed by atoms with E-state index in [1.54, 1.807) is 6.20 Å². The van der Waals surface area contributed by atoms with Gasteiger partial charge in [0.05, 0.1) is 6.20 Å². The summed E-state index contributed by atoms with van der Waals surface area (Å²) in [6, 6.07) is 7.81. The third-order valence-electron chi connectivity index (χ3n) is 2.73. The molecule has 2 aromatic rings. The van der Waals surface area contributed by atoms with E-state index in [-0.39, 0.29) is 6.79 Å². The fourth-order valence-electron chi connectivity index (χ4n) is 1.87. The SMILES string of the molecule is Cc1cnnc(NCc2cccc3c2OCO3)c1. The van der Waals surface area contributed by atoms with E-state index in [0.717, 1.165) is 28.4 Å². The number of aryl methyl sites for hydroxylation is 1. The minimum absolute atomic E-state index is 0.288. The van der Waals surface area contributed by atoms with Crippen molar-refractivity contribution < 1.29 is 9.47 Å². The van der Waals surface area contributed by atoms with Gasteiger partial charge in [-0.25, -0.2) is 0 Å². The lowest BCUT2D eigenvalue weighted by Crippen LogP contribution is -2.03. The Bertz CT molecular complexity index is 572. The summed E-state index contributed by atoms with van der Waals surface area (Å²) in [4.78, 5) is 0. The highest BCUT2D eigenvalue weighted by Gasteiger charge is 2.16. The lowest BCUT2D eigenvalue weighted by Gasteiger charge is -2.07. The van der Waals surface area contributed by atoms with Crippen LogP contribution in [-0.2, 0) is 6.54 Å². The lowest BCUT2D eigenvalue weighted by molar-refractivity contribution is 0.173. The Labute approximate surface area is 105 Å². The Morgan fingerprint density at radius 2 is 2.28 bits per heavy atom. The van der Waals surface area contributed by atoms with Gasteiger partial charge in [0.1, 0.15) is 5.82 Å². The van der Waals surface area contributed by atoms with Gasteiger partial charge in [-0.15, -0.1) is 5.10 Å². The molecule has 2 heterocycles. The van der Waals surface area contributed by atoms with E-state index in [1.165, 1.54) is 0 Å². The lowest BCUT2D eigenvalue weighted by atomic mass is 10.2. The second kappa shape index (κ2) is 4.52.